The van der Waals surface area contributed by atoms with Crippen LogP contribution in [-0.2, 0) is 8.34 Å². The van der Waals surface area contributed by atoms with Crippen LogP contribution < -0.4 is 9.48 Å². The van der Waals surface area contributed by atoms with Crippen LogP contribution in [0.1, 0.15) is 24.8 Å². The van der Waals surface area contributed by atoms with Crippen LogP contribution in [0.15, 0.2) is 65.5 Å². The van der Waals surface area contributed by atoms with E-state index in [-0.39, 0.29) is 8.35 Å². The first-order valence-electron chi connectivity index (χ1n) is 9.22. The van der Waals surface area contributed by atoms with Gasteiger partial charge < -0.3 is 9.47 Å². The minimum Gasteiger partial charge on any atom is -0.493 e. The van der Waals surface area contributed by atoms with Crippen molar-refractivity contribution in [3.63, 3.8) is 0 Å². The predicted molar refractivity (Wildman–Crippen MR) is 134 cm³/mol. The first-order chi connectivity index (χ1) is 13.6. The van der Waals surface area contributed by atoms with E-state index in [1.54, 1.807) is 6.07 Å². The fourth-order valence-electron chi connectivity index (χ4n) is 2.88. The maximum Gasteiger partial charge on any atom is 0.236 e. The Kier molecular flexibility index (Phi) is 8.55. The summed E-state index contributed by atoms with van der Waals surface area (Å²) in [6.07, 6.45) is 2.95. The highest BCUT2D eigenvalue weighted by molar-refractivity contribution is 14.1. The van der Waals surface area contributed by atoms with Gasteiger partial charge in [-0.25, -0.2) is 0 Å². The third-order valence-corrected chi connectivity index (χ3v) is 9.11. The molecule has 0 aliphatic carbocycles. The van der Waals surface area contributed by atoms with Gasteiger partial charge in [-0.05, 0) is 59.5 Å². The van der Waals surface area contributed by atoms with Crippen LogP contribution in [0, 0.1) is 0 Å². The van der Waals surface area contributed by atoms with Gasteiger partial charge in [-0.2, -0.15) is 0 Å². The van der Waals surface area contributed by atoms with E-state index in [1.165, 1.54) is 16.9 Å². The van der Waals surface area contributed by atoms with Crippen LogP contribution in [0.2, 0.25) is 0 Å². The molecule has 6 heteroatoms. The zero-order valence-electron chi connectivity index (χ0n) is 15.4. The molecule has 0 aliphatic rings. The van der Waals surface area contributed by atoms with Gasteiger partial charge in [0, 0.05) is 27.2 Å². The average molecular weight is 620 g/mol. The molecule has 3 aromatic rings. The number of alkyl halides is 2. The molecule has 3 nitrogen and oxygen atoms in total. The van der Waals surface area contributed by atoms with Crippen molar-refractivity contribution in [2.24, 2.45) is 0 Å². The fourth-order valence-corrected chi connectivity index (χ4v) is 4.93. The molecule has 0 saturated carbocycles. The predicted octanol–water partition coefficient (Wildman–Crippen LogP) is 6.55. The van der Waals surface area contributed by atoms with E-state index in [0.29, 0.717) is 12.4 Å². The highest BCUT2D eigenvalue weighted by atomic mass is 127. The largest absolute Gasteiger partial charge is 0.493 e. The topological polar surface area (TPSA) is 35.5 Å². The molecule has 0 aliphatic heterocycles. The normalized spacial score (nSPS) is 13.4. The summed E-state index contributed by atoms with van der Waals surface area (Å²) in [6, 6.07) is 19.8. The van der Waals surface area contributed by atoms with E-state index in [1.807, 2.05) is 30.3 Å². The van der Waals surface area contributed by atoms with Gasteiger partial charge in [0.05, 0.1) is 6.61 Å². The van der Waals surface area contributed by atoms with E-state index in [9.17, 15) is 4.79 Å². The Bertz CT molecular complexity index is 945. The highest BCUT2D eigenvalue weighted by Crippen LogP contribution is 2.35. The Hall–Kier alpha value is -0.710. The zero-order chi connectivity index (χ0) is 19.8. The first kappa shape index (κ1) is 22.0. The number of halogens is 2. The second-order valence-corrected chi connectivity index (χ2v) is 9.96. The van der Waals surface area contributed by atoms with Crippen LogP contribution in [-0.4, -0.2) is 17.6 Å². The lowest BCUT2D eigenvalue weighted by atomic mass is 10.1. The summed E-state index contributed by atoms with van der Waals surface area (Å²) in [7, 11) is 0. The molecule has 0 amide bonds. The summed E-state index contributed by atoms with van der Waals surface area (Å²) in [4.78, 5) is 11.8. The molecule has 0 saturated heterocycles. The molecule has 1 heterocycles. The van der Waals surface area contributed by atoms with Crippen molar-refractivity contribution in [1.29, 1.82) is 0 Å². The maximum absolute atomic E-state index is 11.8. The van der Waals surface area contributed by atoms with Gasteiger partial charge in [0.1, 0.15) is 5.75 Å². The number of ether oxygens (including phenoxy) is 2. The molecule has 0 radical (unpaired) electrons. The molecule has 1 atom stereocenters. The quantitative estimate of drug-likeness (QED) is 0.147. The Morgan fingerprint density at radius 1 is 0.929 bits per heavy atom. The molecule has 148 valence electrons. The zero-order valence-corrected chi connectivity index (χ0v) is 20.5. The summed E-state index contributed by atoms with van der Waals surface area (Å²) < 4.78 is 13.7. The SMILES string of the molecule is O=c1cc(OCCCCCOC(I)(CI)c2ccccc2)c2ccccc2s1. The van der Waals surface area contributed by atoms with Crippen LogP contribution in [0.5, 0.6) is 5.75 Å². The van der Waals surface area contributed by atoms with Crippen molar-refractivity contribution in [3.8, 4) is 5.75 Å². The van der Waals surface area contributed by atoms with Gasteiger partial charge in [0.2, 0.25) is 4.74 Å². The minimum atomic E-state index is -0.273. The maximum atomic E-state index is 11.8. The van der Waals surface area contributed by atoms with Crippen LogP contribution in [0.4, 0.5) is 0 Å². The van der Waals surface area contributed by atoms with Crippen molar-refractivity contribution >= 4 is 66.6 Å². The highest BCUT2D eigenvalue weighted by Gasteiger charge is 2.27. The second kappa shape index (κ2) is 10.9. The Morgan fingerprint density at radius 3 is 2.43 bits per heavy atom. The number of fused-ring (bicyclic) bond motifs is 1. The third-order valence-electron chi connectivity index (χ3n) is 4.37. The summed E-state index contributed by atoms with van der Waals surface area (Å²) in [5, 5.41) is 1.01. The first-order valence-corrected chi connectivity index (χ1v) is 12.6. The average Bonchev–Trinajstić information content (AvgIpc) is 2.73. The second-order valence-electron chi connectivity index (χ2n) is 6.41. The van der Waals surface area contributed by atoms with Gasteiger partial charge in [-0.1, -0.05) is 76.4 Å². The Balaban J connectivity index is 1.43. The molecule has 3 rings (SSSR count). The molecule has 0 fully saturated rings. The van der Waals surface area contributed by atoms with Gasteiger partial charge in [-0.15, -0.1) is 0 Å². The van der Waals surface area contributed by atoms with Gasteiger partial charge >= 0.3 is 0 Å². The van der Waals surface area contributed by atoms with Crippen molar-refractivity contribution < 1.29 is 9.47 Å². The lowest BCUT2D eigenvalue weighted by Gasteiger charge is -2.26. The molecule has 2 aromatic carbocycles. The molecular weight excluding hydrogens is 598 g/mol. The Morgan fingerprint density at radius 2 is 1.64 bits per heavy atom. The molecule has 28 heavy (non-hydrogen) atoms. The van der Waals surface area contributed by atoms with Gasteiger partial charge in [0.25, 0.3) is 0 Å². The number of rotatable bonds is 10. The smallest absolute Gasteiger partial charge is 0.236 e. The van der Waals surface area contributed by atoms with Gasteiger partial charge in [-0.3, -0.25) is 4.79 Å². The molecule has 0 spiro atoms. The molecule has 0 bridgehead atoms. The molecular formula is C22H22I2O3S. The number of unbranched alkanes of at least 4 members (excludes halogenated alkanes) is 2. The monoisotopic (exact) mass is 620 g/mol. The number of hydrogen-bond acceptors (Lipinski definition) is 4. The number of hydrogen-bond donors (Lipinski definition) is 0. The molecule has 1 unspecified atom stereocenters. The van der Waals surface area contributed by atoms with E-state index in [4.69, 9.17) is 9.47 Å². The Labute approximate surface area is 196 Å². The molecule has 0 N–H and O–H groups in total. The van der Waals surface area contributed by atoms with E-state index in [2.05, 4.69) is 69.4 Å². The van der Waals surface area contributed by atoms with Crippen molar-refractivity contribution in [3.05, 3.63) is 75.8 Å². The van der Waals surface area contributed by atoms with Crippen LogP contribution >= 0.6 is 56.5 Å². The summed E-state index contributed by atoms with van der Waals surface area (Å²) >= 11 is 6.05. The van der Waals surface area contributed by atoms with E-state index >= 15 is 0 Å². The molecule has 1 aromatic heterocycles. The number of benzene rings is 2. The summed E-state index contributed by atoms with van der Waals surface area (Å²) in [6.45, 7) is 1.33. The van der Waals surface area contributed by atoms with E-state index < -0.39 is 0 Å². The summed E-state index contributed by atoms with van der Waals surface area (Å²) in [5.74, 6) is 0.691. The van der Waals surface area contributed by atoms with Crippen molar-refractivity contribution in [1.82, 2.24) is 0 Å². The third kappa shape index (κ3) is 5.90. The summed E-state index contributed by atoms with van der Waals surface area (Å²) in [5.41, 5.74) is 1.21. The minimum absolute atomic E-state index is 0.0280. The van der Waals surface area contributed by atoms with Crippen LogP contribution in [0.25, 0.3) is 10.1 Å². The standard InChI is InChI=1S/C22H22I2O3S/c23-16-22(24,17-9-3-1-4-10-17)27-14-8-2-7-13-26-19-15-21(25)28-20-12-6-5-11-18(19)20/h1,3-6,9-12,15H,2,7-8,13-14,16H2. The van der Waals surface area contributed by atoms with E-state index in [0.717, 1.165) is 40.4 Å². The lowest BCUT2D eigenvalue weighted by molar-refractivity contribution is 0.0529. The van der Waals surface area contributed by atoms with Crippen molar-refractivity contribution in [2.75, 3.05) is 17.6 Å². The van der Waals surface area contributed by atoms with Crippen molar-refractivity contribution in [2.45, 2.75) is 22.9 Å². The van der Waals surface area contributed by atoms with Crippen LogP contribution in [0.3, 0.4) is 0 Å². The van der Waals surface area contributed by atoms with Gasteiger partial charge in [0.15, 0.2) is 3.61 Å². The fraction of sp³-hybridized carbons (Fsp3) is 0.318. The lowest BCUT2D eigenvalue weighted by Crippen LogP contribution is -2.24.